The minimum absolute atomic E-state index is 0. The third-order valence-electron chi connectivity index (χ3n) is 3.22. The van der Waals surface area contributed by atoms with Crippen LogP contribution in [0.3, 0.4) is 0 Å². The van der Waals surface area contributed by atoms with Gasteiger partial charge in [0.1, 0.15) is 0 Å². The van der Waals surface area contributed by atoms with Crippen molar-refractivity contribution < 1.29 is 52.6 Å². The molecule has 0 bridgehead atoms. The molecule has 200 valence electrons. The van der Waals surface area contributed by atoms with E-state index < -0.39 is 31.2 Å². The van der Waals surface area contributed by atoms with Gasteiger partial charge in [-0.2, -0.15) is 0 Å². The normalized spacial score (nSPS) is 10.9. The van der Waals surface area contributed by atoms with Crippen molar-refractivity contribution in [3.05, 3.63) is 37.0 Å². The zero-order valence-corrected chi connectivity index (χ0v) is 24.4. The molecule has 0 aliphatic rings. The van der Waals surface area contributed by atoms with Crippen LogP contribution in [0.4, 0.5) is 0 Å². The van der Waals surface area contributed by atoms with Crippen LogP contribution in [0.25, 0.3) is 0 Å². The topological polar surface area (TPSA) is 241 Å². The van der Waals surface area contributed by atoms with Gasteiger partial charge in [0.15, 0.2) is 0 Å². The van der Waals surface area contributed by atoms with Gasteiger partial charge in [0.05, 0.1) is 0 Å². The summed E-state index contributed by atoms with van der Waals surface area (Å²) in [6, 6.07) is 0. The molecule has 0 saturated carbocycles. The molecule has 0 atom stereocenters. The molecule has 0 saturated heterocycles. The van der Waals surface area contributed by atoms with E-state index in [1.807, 2.05) is 18.2 Å². The monoisotopic (exact) mass is 590 g/mol. The van der Waals surface area contributed by atoms with Crippen molar-refractivity contribution in [3.8, 4) is 0 Å². The van der Waals surface area contributed by atoms with E-state index in [9.17, 15) is 0 Å². The molecule has 0 unspecified atom stereocenters. The predicted octanol–water partition coefficient (Wildman–Crippen LogP) is 1.82. The SMILES string of the molecule is C=CC=CC=CCCCCCCCCCCCC.O=S(=O)([O-])[O-].O=S(=O)([O-])[O-].O=S(=O)([O-])[O-].[Al+3].[Al+3]. The molecule has 0 radical (unpaired) electrons. The van der Waals surface area contributed by atoms with Crippen LogP contribution in [0.15, 0.2) is 37.0 Å². The molecule has 0 spiro atoms. The smallest absolute Gasteiger partial charge is 0.759 e. The van der Waals surface area contributed by atoms with Crippen molar-refractivity contribution in [3.63, 3.8) is 0 Å². The van der Waals surface area contributed by atoms with Gasteiger partial charge < -0.3 is 27.3 Å². The van der Waals surface area contributed by atoms with Crippen LogP contribution >= 0.6 is 0 Å². The van der Waals surface area contributed by atoms with Crippen LogP contribution in [0, 0.1) is 0 Å². The molecule has 0 aliphatic carbocycles. The summed E-state index contributed by atoms with van der Waals surface area (Å²) in [5.41, 5.74) is 0. The summed E-state index contributed by atoms with van der Waals surface area (Å²) in [5.74, 6) is 0. The molecular formula is C18H32Al2O12S3. The molecule has 0 aromatic rings. The molecule has 0 aromatic heterocycles. The first-order valence-electron chi connectivity index (χ1n) is 9.86. The fourth-order valence-corrected chi connectivity index (χ4v) is 2.07. The van der Waals surface area contributed by atoms with E-state index in [-0.39, 0.29) is 34.7 Å². The van der Waals surface area contributed by atoms with E-state index in [0.29, 0.717) is 0 Å². The first-order chi connectivity index (χ1) is 14.9. The molecule has 0 rings (SSSR count). The zero-order chi connectivity index (χ0) is 26.8. The van der Waals surface area contributed by atoms with Gasteiger partial charge in [-0.05, 0) is 12.8 Å². The van der Waals surface area contributed by atoms with Gasteiger partial charge >= 0.3 is 34.7 Å². The molecule has 17 heteroatoms. The average molecular weight is 591 g/mol. The molecule has 35 heavy (non-hydrogen) atoms. The van der Waals surface area contributed by atoms with E-state index in [2.05, 4.69) is 25.7 Å². The van der Waals surface area contributed by atoms with E-state index in [1.165, 1.54) is 70.6 Å². The van der Waals surface area contributed by atoms with Gasteiger partial charge in [-0.25, -0.2) is 0 Å². The van der Waals surface area contributed by atoms with Gasteiger partial charge in [-0.1, -0.05) is 102 Å². The minimum Gasteiger partial charge on any atom is -0.759 e. The fraction of sp³-hybridized carbons (Fsp3) is 0.667. The Morgan fingerprint density at radius 2 is 0.829 bits per heavy atom. The summed E-state index contributed by atoms with van der Waals surface area (Å²) < 4.78 is 102. The largest absolute Gasteiger partial charge is 3.00 e. The first-order valence-corrected chi connectivity index (χ1v) is 13.9. The number of allylic oxidation sites excluding steroid dienone is 5. The van der Waals surface area contributed by atoms with Gasteiger partial charge in [0, 0.05) is 31.2 Å². The second kappa shape index (κ2) is 31.9. The fourth-order valence-electron chi connectivity index (χ4n) is 2.07. The summed E-state index contributed by atoms with van der Waals surface area (Å²) in [6.45, 7) is 5.92. The average Bonchev–Trinajstić information content (AvgIpc) is 2.58. The van der Waals surface area contributed by atoms with Crippen LogP contribution < -0.4 is 0 Å². The van der Waals surface area contributed by atoms with E-state index >= 15 is 0 Å². The second-order valence-electron chi connectivity index (χ2n) is 6.24. The summed E-state index contributed by atoms with van der Waals surface area (Å²) in [4.78, 5) is 0. The van der Waals surface area contributed by atoms with E-state index in [1.54, 1.807) is 0 Å². The molecular weight excluding hydrogens is 558 g/mol. The third kappa shape index (κ3) is 155. The third-order valence-corrected chi connectivity index (χ3v) is 3.22. The standard InChI is InChI=1S/C18H32.2Al.3H2O4S/c1-3-5-7-9-11-13-15-17-18-16-14-12-10-8-6-4-2;;;3*1-5(2,3)4/h3,5,7,9,11H,1,4,6,8,10,12-18H2,2H3;;;3*(H2,1,2,3,4)/q;2*+3;;;/p-6. The summed E-state index contributed by atoms with van der Waals surface area (Å²) in [5, 5.41) is 0. The Kier molecular flexibility index (Phi) is 43.8. The van der Waals surface area contributed by atoms with Crippen molar-refractivity contribution in [2.75, 3.05) is 0 Å². The Morgan fingerprint density at radius 3 is 1.11 bits per heavy atom. The van der Waals surface area contributed by atoms with Gasteiger partial charge in [-0.3, -0.25) is 25.3 Å². The van der Waals surface area contributed by atoms with Gasteiger partial charge in [0.25, 0.3) is 0 Å². The van der Waals surface area contributed by atoms with Gasteiger partial charge in [-0.15, -0.1) is 0 Å². The number of hydrogen-bond donors (Lipinski definition) is 0. The van der Waals surface area contributed by atoms with E-state index in [0.717, 1.165) is 0 Å². The molecule has 0 heterocycles. The first kappa shape index (κ1) is 48.0. The van der Waals surface area contributed by atoms with Crippen molar-refractivity contribution in [2.45, 2.75) is 77.6 Å². The molecule has 0 amide bonds. The molecule has 0 aliphatic heterocycles. The Labute approximate surface area is 232 Å². The maximum Gasteiger partial charge on any atom is 3.00 e. The second-order valence-corrected chi connectivity index (χ2v) is 8.69. The number of hydrogen-bond acceptors (Lipinski definition) is 12. The minimum atomic E-state index is -5.17. The van der Waals surface area contributed by atoms with Crippen LogP contribution in [0.5, 0.6) is 0 Å². The van der Waals surface area contributed by atoms with Gasteiger partial charge in [0.2, 0.25) is 0 Å². The van der Waals surface area contributed by atoms with Crippen LogP contribution in [0.2, 0.25) is 0 Å². The van der Waals surface area contributed by atoms with E-state index in [4.69, 9.17) is 52.6 Å². The maximum absolute atomic E-state index is 8.52. The van der Waals surface area contributed by atoms with Crippen molar-refractivity contribution >= 4 is 65.9 Å². The predicted molar refractivity (Wildman–Crippen MR) is 128 cm³/mol. The molecule has 0 aromatic carbocycles. The summed E-state index contributed by atoms with van der Waals surface area (Å²) >= 11 is 0. The quantitative estimate of drug-likeness (QED) is 0.0980. The van der Waals surface area contributed by atoms with Crippen LogP contribution in [0.1, 0.15) is 77.6 Å². The Hall–Kier alpha value is -0.105. The molecule has 12 nitrogen and oxygen atoms in total. The Bertz CT molecular complexity index is 714. The summed E-state index contributed by atoms with van der Waals surface area (Å²) in [6.07, 6.45) is 25.6. The van der Waals surface area contributed by atoms with Crippen molar-refractivity contribution in [1.82, 2.24) is 0 Å². The summed E-state index contributed by atoms with van der Waals surface area (Å²) in [7, 11) is -15.5. The zero-order valence-electron chi connectivity index (χ0n) is 19.7. The Morgan fingerprint density at radius 1 is 0.543 bits per heavy atom. The maximum atomic E-state index is 8.52. The molecule has 0 fully saturated rings. The number of unbranched alkanes of at least 4 members (excludes halogenated alkanes) is 10. The molecule has 0 N–H and O–H groups in total. The van der Waals surface area contributed by atoms with Crippen molar-refractivity contribution in [2.24, 2.45) is 0 Å². The Balaban J connectivity index is -0.000000101. The van der Waals surface area contributed by atoms with Crippen LogP contribution in [-0.2, 0) is 31.2 Å². The van der Waals surface area contributed by atoms with Crippen molar-refractivity contribution in [1.29, 1.82) is 0 Å². The number of rotatable bonds is 13. The van der Waals surface area contributed by atoms with Crippen LogP contribution in [-0.4, -0.2) is 87.3 Å².